The van der Waals surface area contributed by atoms with E-state index in [2.05, 4.69) is 10.6 Å². The molecule has 2 N–H and O–H groups in total. The second-order valence-corrected chi connectivity index (χ2v) is 8.31. The van der Waals surface area contributed by atoms with Crippen LogP contribution in [0.1, 0.15) is 52.5 Å². The number of amides is 3. The molecule has 1 aliphatic rings. The van der Waals surface area contributed by atoms with Gasteiger partial charge in [0.2, 0.25) is 0 Å². The molecule has 2 atom stereocenters. The maximum atomic E-state index is 12.9. The molecule has 166 valence electrons. The zero-order chi connectivity index (χ0) is 22.1. The predicted molar refractivity (Wildman–Crippen MR) is 113 cm³/mol. The summed E-state index contributed by atoms with van der Waals surface area (Å²) in [6.45, 7) is 8.23. The predicted octanol–water partition coefficient (Wildman–Crippen LogP) is 3.21. The molecule has 30 heavy (non-hydrogen) atoms. The first-order valence-electron chi connectivity index (χ1n) is 10.4. The van der Waals surface area contributed by atoms with Crippen molar-refractivity contribution in [1.82, 2.24) is 15.5 Å². The Morgan fingerprint density at radius 2 is 1.87 bits per heavy atom. The molecule has 3 amide bonds. The van der Waals surface area contributed by atoms with E-state index in [1.807, 2.05) is 30.3 Å². The second kappa shape index (κ2) is 10.8. The second-order valence-electron chi connectivity index (χ2n) is 8.31. The van der Waals surface area contributed by atoms with Crippen LogP contribution in [-0.2, 0) is 20.8 Å². The minimum atomic E-state index is -0.637. The normalized spacial score (nSPS) is 19.0. The minimum Gasteiger partial charge on any atom is -0.466 e. The smallest absolute Gasteiger partial charge is 0.407 e. The summed E-state index contributed by atoms with van der Waals surface area (Å²) >= 11 is 0. The van der Waals surface area contributed by atoms with Crippen molar-refractivity contribution in [2.75, 3.05) is 13.2 Å². The third kappa shape index (κ3) is 7.57. The van der Waals surface area contributed by atoms with Crippen LogP contribution in [0, 0.1) is 0 Å². The van der Waals surface area contributed by atoms with Crippen molar-refractivity contribution in [3.8, 4) is 0 Å². The molecule has 2 rings (SSSR count). The van der Waals surface area contributed by atoms with Gasteiger partial charge in [-0.25, -0.2) is 9.59 Å². The van der Waals surface area contributed by atoms with Crippen LogP contribution in [0.5, 0.6) is 0 Å². The van der Waals surface area contributed by atoms with Crippen LogP contribution in [0.4, 0.5) is 9.59 Å². The van der Waals surface area contributed by atoms with Crippen molar-refractivity contribution in [3.05, 3.63) is 35.9 Å². The molecule has 0 saturated carbocycles. The van der Waals surface area contributed by atoms with E-state index in [-0.39, 0.29) is 19.1 Å². The highest BCUT2D eigenvalue weighted by Crippen LogP contribution is 2.22. The van der Waals surface area contributed by atoms with Crippen LogP contribution >= 0.6 is 0 Å². The van der Waals surface area contributed by atoms with E-state index in [0.29, 0.717) is 25.9 Å². The first-order chi connectivity index (χ1) is 14.2. The van der Waals surface area contributed by atoms with E-state index < -0.39 is 29.7 Å². The van der Waals surface area contributed by atoms with Crippen molar-refractivity contribution >= 4 is 18.1 Å². The number of nitrogens with one attached hydrogen (secondary N) is 2. The van der Waals surface area contributed by atoms with E-state index in [4.69, 9.17) is 9.47 Å². The molecule has 1 saturated heterocycles. The lowest BCUT2D eigenvalue weighted by Crippen LogP contribution is -2.60. The third-order valence-corrected chi connectivity index (χ3v) is 4.71. The highest BCUT2D eigenvalue weighted by Gasteiger charge is 2.37. The van der Waals surface area contributed by atoms with Crippen LogP contribution in [0.15, 0.2) is 30.3 Å². The molecule has 1 fully saturated rings. The number of alkyl carbamates (subject to hydrolysis) is 1. The van der Waals surface area contributed by atoms with Gasteiger partial charge in [0.25, 0.3) is 0 Å². The summed E-state index contributed by atoms with van der Waals surface area (Å²) in [7, 11) is 0. The zero-order valence-electron chi connectivity index (χ0n) is 18.3. The molecule has 0 unspecified atom stereocenters. The highest BCUT2D eigenvalue weighted by atomic mass is 16.6. The van der Waals surface area contributed by atoms with Gasteiger partial charge in [0.15, 0.2) is 0 Å². The summed E-state index contributed by atoms with van der Waals surface area (Å²) in [6, 6.07) is 8.40. The van der Waals surface area contributed by atoms with E-state index in [0.717, 1.165) is 5.56 Å². The van der Waals surface area contributed by atoms with Crippen molar-refractivity contribution in [2.45, 2.75) is 71.2 Å². The fourth-order valence-electron chi connectivity index (χ4n) is 3.45. The Bertz CT molecular complexity index is 717. The Kier molecular flexibility index (Phi) is 8.50. The van der Waals surface area contributed by atoms with Crippen LogP contribution in [0.25, 0.3) is 0 Å². The number of hydrogen-bond donors (Lipinski definition) is 2. The van der Waals surface area contributed by atoms with Gasteiger partial charge in [-0.3, -0.25) is 4.79 Å². The van der Waals surface area contributed by atoms with E-state index in [1.165, 1.54) is 0 Å². The number of nitrogens with zero attached hydrogens (tertiary/aromatic N) is 1. The molecular formula is C22H33N3O5. The van der Waals surface area contributed by atoms with Gasteiger partial charge in [-0.05, 0) is 46.1 Å². The van der Waals surface area contributed by atoms with E-state index >= 15 is 0 Å². The summed E-state index contributed by atoms with van der Waals surface area (Å²) in [5, 5.41) is 5.75. The van der Waals surface area contributed by atoms with Gasteiger partial charge in [0, 0.05) is 13.1 Å². The molecule has 8 heteroatoms. The molecule has 0 radical (unpaired) electrons. The van der Waals surface area contributed by atoms with Gasteiger partial charge in [0.05, 0.1) is 25.1 Å². The number of benzene rings is 1. The molecule has 1 aliphatic heterocycles. The first-order valence-corrected chi connectivity index (χ1v) is 10.4. The lowest BCUT2D eigenvalue weighted by molar-refractivity contribution is -0.144. The van der Waals surface area contributed by atoms with Crippen molar-refractivity contribution in [2.24, 2.45) is 0 Å². The molecule has 1 aromatic carbocycles. The Labute approximate surface area is 178 Å². The molecule has 1 heterocycles. The first kappa shape index (κ1) is 23.5. The number of urea groups is 1. The van der Waals surface area contributed by atoms with Gasteiger partial charge in [-0.15, -0.1) is 0 Å². The Hall–Kier alpha value is -2.77. The van der Waals surface area contributed by atoms with Crippen molar-refractivity contribution in [1.29, 1.82) is 0 Å². The molecule has 0 aromatic heterocycles. The fraction of sp³-hybridized carbons (Fsp3) is 0.591. The number of carbonyl (C=O) groups is 3. The summed E-state index contributed by atoms with van der Waals surface area (Å²) < 4.78 is 10.5. The summed E-state index contributed by atoms with van der Waals surface area (Å²) in [4.78, 5) is 39.0. The lowest BCUT2D eigenvalue weighted by Gasteiger charge is -2.41. The Balaban J connectivity index is 2.09. The summed E-state index contributed by atoms with van der Waals surface area (Å²) in [6.07, 6.45) is 0.796. The molecular weight excluding hydrogens is 386 g/mol. The number of hydrogen-bond acceptors (Lipinski definition) is 5. The Morgan fingerprint density at radius 3 is 2.50 bits per heavy atom. The number of piperidine rings is 1. The molecule has 8 nitrogen and oxygen atoms in total. The molecule has 0 spiro atoms. The minimum absolute atomic E-state index is 0.00701. The average Bonchev–Trinajstić information content (AvgIpc) is 2.67. The van der Waals surface area contributed by atoms with Gasteiger partial charge in [-0.1, -0.05) is 30.3 Å². The van der Waals surface area contributed by atoms with Crippen molar-refractivity contribution < 1.29 is 23.9 Å². The van der Waals surface area contributed by atoms with E-state index in [9.17, 15) is 14.4 Å². The van der Waals surface area contributed by atoms with E-state index in [1.54, 1.807) is 32.6 Å². The number of carbonyl (C=O) groups excluding carboxylic acids is 3. The maximum absolute atomic E-state index is 12.9. The SMILES string of the molecule is CCOC(=O)C[C@H]1[C@H](NC(=O)OC(C)(C)C)CCCN1C(=O)NCc1ccccc1. The summed E-state index contributed by atoms with van der Waals surface area (Å²) in [5.41, 5.74) is 0.343. The number of ether oxygens (including phenoxy) is 2. The fourth-order valence-corrected chi connectivity index (χ4v) is 3.45. The number of rotatable bonds is 6. The zero-order valence-corrected chi connectivity index (χ0v) is 18.3. The van der Waals surface area contributed by atoms with Crippen LogP contribution < -0.4 is 10.6 Å². The lowest BCUT2D eigenvalue weighted by atomic mass is 9.94. The van der Waals surface area contributed by atoms with Gasteiger partial charge in [0.1, 0.15) is 5.60 Å². The monoisotopic (exact) mass is 419 g/mol. The number of esters is 1. The third-order valence-electron chi connectivity index (χ3n) is 4.71. The van der Waals surface area contributed by atoms with Gasteiger partial charge in [-0.2, -0.15) is 0 Å². The number of likely N-dealkylation sites (tertiary alicyclic amines) is 1. The quantitative estimate of drug-likeness (QED) is 0.690. The topological polar surface area (TPSA) is 97.0 Å². The largest absolute Gasteiger partial charge is 0.466 e. The molecule has 0 aliphatic carbocycles. The molecule has 0 bridgehead atoms. The maximum Gasteiger partial charge on any atom is 0.407 e. The standard InChI is InChI=1S/C22H33N3O5/c1-5-29-19(26)14-18-17(24-21(28)30-22(2,3)4)12-9-13-25(18)20(27)23-15-16-10-7-6-8-11-16/h6-8,10-11,17-18H,5,9,12-15H2,1-4H3,(H,23,27)(H,24,28)/t17-,18+/m1/s1. The average molecular weight is 420 g/mol. The highest BCUT2D eigenvalue weighted by molar-refractivity contribution is 5.77. The van der Waals surface area contributed by atoms with Crippen LogP contribution in [-0.4, -0.2) is 53.8 Å². The van der Waals surface area contributed by atoms with Gasteiger partial charge >= 0.3 is 18.1 Å². The Morgan fingerprint density at radius 1 is 1.17 bits per heavy atom. The summed E-state index contributed by atoms with van der Waals surface area (Å²) in [5.74, 6) is -0.402. The molecule has 1 aromatic rings. The van der Waals surface area contributed by atoms with Crippen molar-refractivity contribution in [3.63, 3.8) is 0 Å². The van der Waals surface area contributed by atoms with Crippen LogP contribution in [0.3, 0.4) is 0 Å². The van der Waals surface area contributed by atoms with Gasteiger partial charge < -0.3 is 25.0 Å². The van der Waals surface area contributed by atoms with Crippen LogP contribution in [0.2, 0.25) is 0 Å².